The van der Waals surface area contributed by atoms with Crippen molar-refractivity contribution in [3.05, 3.63) is 118 Å². The molecule has 0 radical (unpaired) electrons. The zero-order valence-electron chi connectivity index (χ0n) is 37.1. The maximum Gasteiger partial charge on any atom is 0.252 e. The predicted molar refractivity (Wildman–Crippen MR) is 249 cm³/mol. The van der Waals surface area contributed by atoms with E-state index >= 15 is 0 Å². The van der Waals surface area contributed by atoms with Gasteiger partial charge in [0, 0.05) is 50.6 Å². The minimum absolute atomic E-state index is 0.0346. The highest BCUT2D eigenvalue weighted by atomic mass is 15.3. The second-order valence-electron chi connectivity index (χ2n) is 21.5. The Morgan fingerprint density at radius 2 is 1.17 bits per heavy atom. The summed E-state index contributed by atoms with van der Waals surface area (Å²) in [5, 5.41) is 0. The van der Waals surface area contributed by atoms with Crippen molar-refractivity contribution in [2.75, 3.05) is 14.7 Å². The Morgan fingerprint density at radius 1 is 0.534 bits per heavy atom. The van der Waals surface area contributed by atoms with E-state index < -0.39 is 0 Å². The van der Waals surface area contributed by atoms with E-state index in [-0.39, 0.29) is 34.0 Å². The number of hydrogen-bond donors (Lipinski definition) is 0. The number of fused-ring (bicyclic) bond motifs is 10. The molecule has 5 aromatic rings. The van der Waals surface area contributed by atoms with Gasteiger partial charge in [0.1, 0.15) is 0 Å². The summed E-state index contributed by atoms with van der Waals surface area (Å²) in [6.07, 6.45) is 9.98. The van der Waals surface area contributed by atoms with Crippen molar-refractivity contribution in [2.24, 2.45) is 0 Å². The van der Waals surface area contributed by atoms with Crippen LogP contribution in [0.5, 0.6) is 0 Å². The van der Waals surface area contributed by atoms with E-state index in [2.05, 4.69) is 170 Å². The Labute approximate surface area is 348 Å². The first-order valence-electron chi connectivity index (χ1n) is 22.6. The molecular weight excluding hydrogens is 701 g/mol. The van der Waals surface area contributed by atoms with Crippen molar-refractivity contribution in [3.8, 4) is 0 Å². The molecule has 0 N–H and O–H groups in total. The predicted octanol–water partition coefficient (Wildman–Crippen LogP) is 12.3. The molecule has 3 nitrogen and oxygen atoms in total. The number of benzene rings is 5. The quantitative estimate of drug-likeness (QED) is 0.163. The molecule has 0 aromatic heterocycles. The van der Waals surface area contributed by atoms with Crippen LogP contribution in [0.4, 0.5) is 39.8 Å². The van der Waals surface area contributed by atoms with Gasteiger partial charge in [-0.05, 0) is 153 Å². The zero-order chi connectivity index (χ0) is 40.5. The van der Waals surface area contributed by atoms with Crippen LogP contribution in [0.2, 0.25) is 0 Å². The molecule has 11 rings (SSSR count). The molecule has 4 aliphatic heterocycles. The third-order valence-electron chi connectivity index (χ3n) is 17.1. The summed E-state index contributed by atoms with van der Waals surface area (Å²) in [6, 6.07) is 32.2. The van der Waals surface area contributed by atoms with E-state index in [0.29, 0.717) is 0 Å². The van der Waals surface area contributed by atoms with Crippen LogP contribution in [0.3, 0.4) is 0 Å². The van der Waals surface area contributed by atoms with Crippen LogP contribution in [0.15, 0.2) is 78.9 Å². The van der Waals surface area contributed by atoms with Crippen molar-refractivity contribution < 1.29 is 0 Å². The van der Waals surface area contributed by atoms with Gasteiger partial charge in [0.25, 0.3) is 6.71 Å². The summed E-state index contributed by atoms with van der Waals surface area (Å²) < 4.78 is 0. The number of anilines is 7. The average Bonchev–Trinajstić information content (AvgIpc) is 3.51. The maximum atomic E-state index is 2.94. The van der Waals surface area contributed by atoms with Crippen LogP contribution in [-0.2, 0) is 16.2 Å². The van der Waals surface area contributed by atoms with Crippen molar-refractivity contribution >= 4 is 62.9 Å². The van der Waals surface area contributed by atoms with Crippen molar-refractivity contribution in [1.82, 2.24) is 0 Å². The molecule has 4 atom stereocenters. The number of aryl methyl sites for hydroxylation is 4. The maximum absolute atomic E-state index is 2.94. The molecule has 2 fully saturated rings. The number of rotatable bonds is 2. The fourth-order valence-electron chi connectivity index (χ4n) is 13.8. The third-order valence-corrected chi connectivity index (χ3v) is 17.1. The lowest BCUT2D eigenvalue weighted by atomic mass is 9.33. The first-order valence-corrected chi connectivity index (χ1v) is 22.6. The van der Waals surface area contributed by atoms with Gasteiger partial charge in [-0.1, -0.05) is 114 Å². The van der Waals surface area contributed by atoms with Gasteiger partial charge in [-0.3, -0.25) is 0 Å². The smallest absolute Gasteiger partial charge is 0.252 e. The molecule has 2 saturated carbocycles. The van der Waals surface area contributed by atoms with Gasteiger partial charge in [0.05, 0.1) is 11.1 Å². The Hall–Kier alpha value is -4.44. The average molecular weight is 764 g/mol. The Morgan fingerprint density at radius 3 is 1.88 bits per heavy atom. The van der Waals surface area contributed by atoms with E-state index in [1.165, 1.54) is 135 Å². The molecule has 58 heavy (non-hydrogen) atoms. The highest BCUT2D eigenvalue weighted by Crippen LogP contribution is 2.65. The highest BCUT2D eigenvalue weighted by molar-refractivity contribution is 7.00. The molecule has 5 aromatic carbocycles. The van der Waals surface area contributed by atoms with Gasteiger partial charge in [-0.15, -0.1) is 0 Å². The van der Waals surface area contributed by atoms with Gasteiger partial charge in [-0.25, -0.2) is 0 Å². The van der Waals surface area contributed by atoms with Crippen LogP contribution in [0.25, 0.3) is 0 Å². The van der Waals surface area contributed by atoms with Gasteiger partial charge in [0.15, 0.2) is 0 Å². The van der Waals surface area contributed by atoms with Crippen LogP contribution in [0.1, 0.15) is 139 Å². The van der Waals surface area contributed by atoms with Crippen molar-refractivity contribution in [2.45, 2.75) is 155 Å². The number of hydrogen-bond acceptors (Lipinski definition) is 3. The largest absolute Gasteiger partial charge is 0.335 e. The zero-order valence-corrected chi connectivity index (χ0v) is 37.1. The first kappa shape index (κ1) is 36.6. The van der Waals surface area contributed by atoms with E-state index in [9.17, 15) is 0 Å². The van der Waals surface area contributed by atoms with Gasteiger partial charge < -0.3 is 14.7 Å². The molecule has 2 aliphatic carbocycles. The summed E-state index contributed by atoms with van der Waals surface area (Å²) in [6.45, 7) is 27.1. The van der Waals surface area contributed by atoms with Crippen LogP contribution < -0.4 is 31.1 Å². The Balaban J connectivity index is 1.29. The molecule has 296 valence electrons. The summed E-state index contributed by atoms with van der Waals surface area (Å²) in [5.41, 5.74) is 24.2. The Kier molecular flexibility index (Phi) is 7.35. The SMILES string of the molecule is Cc1ccc(N2c3ccc(C)cc3B3c4cc(C(C)(C)C)cc5c4N(c4cc(N6c7cc(C)cc(C)c7C7(C)CCCCC67C)cc2c43)C2(C)CCCCC52C)cc1. The summed E-state index contributed by atoms with van der Waals surface area (Å²) >= 11 is 0. The molecule has 0 spiro atoms. The lowest BCUT2D eigenvalue weighted by Gasteiger charge is -2.53. The molecule has 0 amide bonds. The minimum Gasteiger partial charge on any atom is -0.335 e. The second-order valence-corrected chi connectivity index (χ2v) is 21.5. The van der Waals surface area contributed by atoms with E-state index in [4.69, 9.17) is 0 Å². The topological polar surface area (TPSA) is 9.72 Å². The number of nitrogens with zero attached hydrogens (tertiary/aromatic N) is 3. The normalized spacial score (nSPS) is 27.5. The van der Waals surface area contributed by atoms with Gasteiger partial charge >= 0.3 is 0 Å². The first-order chi connectivity index (χ1) is 27.5. The lowest BCUT2D eigenvalue weighted by Crippen LogP contribution is -2.64. The van der Waals surface area contributed by atoms with E-state index in [1.807, 2.05) is 0 Å². The van der Waals surface area contributed by atoms with Gasteiger partial charge in [0.2, 0.25) is 0 Å². The summed E-state index contributed by atoms with van der Waals surface area (Å²) in [7, 11) is 0. The molecular formula is C54H62BN3. The molecule has 4 heteroatoms. The summed E-state index contributed by atoms with van der Waals surface area (Å²) in [4.78, 5) is 8.45. The molecule has 0 saturated heterocycles. The highest BCUT2D eigenvalue weighted by Gasteiger charge is 2.63. The van der Waals surface area contributed by atoms with Crippen molar-refractivity contribution in [1.29, 1.82) is 0 Å². The lowest BCUT2D eigenvalue weighted by molar-refractivity contribution is 0.193. The third kappa shape index (κ3) is 4.43. The minimum atomic E-state index is -0.0445. The van der Waals surface area contributed by atoms with Crippen LogP contribution in [0, 0.1) is 27.7 Å². The monoisotopic (exact) mass is 764 g/mol. The van der Waals surface area contributed by atoms with Crippen LogP contribution in [-0.4, -0.2) is 17.8 Å². The van der Waals surface area contributed by atoms with Crippen molar-refractivity contribution in [3.63, 3.8) is 0 Å². The van der Waals surface area contributed by atoms with E-state index in [1.54, 1.807) is 11.1 Å². The van der Waals surface area contributed by atoms with Crippen LogP contribution >= 0.6 is 0 Å². The van der Waals surface area contributed by atoms with E-state index in [0.717, 1.165) is 0 Å². The molecule has 0 bridgehead atoms. The van der Waals surface area contributed by atoms with Gasteiger partial charge in [-0.2, -0.15) is 0 Å². The second kappa shape index (κ2) is 11.6. The summed E-state index contributed by atoms with van der Waals surface area (Å²) in [5.74, 6) is 0. The standard InChI is InChI=1S/C54H62BN3/c1-33-16-19-38(20-17-33)56-43-21-18-34(2)27-41(43)55-42-30-37(50(5,6)7)29-40-49(42)58(53(10)24-14-12-22-51(40,53)8)46-32-39(31-45(56)48(46)55)57-44-28-35(3)26-36(4)47(44)52(9)23-13-15-25-54(52,57)11/h16-21,26-32H,12-15,22-25H2,1-11H3. The molecule has 6 aliphatic rings. The molecule has 4 heterocycles. The Bertz CT molecular complexity index is 2600. The molecule has 4 unspecified atom stereocenters. The fourth-order valence-corrected chi connectivity index (χ4v) is 13.8. The fraction of sp³-hybridized carbons (Fsp3) is 0.444.